The molecule has 0 aromatic carbocycles. The second kappa shape index (κ2) is 10.0. The van der Waals surface area contributed by atoms with Gasteiger partial charge in [-0.05, 0) is 32.0 Å². The van der Waals surface area contributed by atoms with E-state index >= 15 is 0 Å². The van der Waals surface area contributed by atoms with E-state index in [0.717, 1.165) is 17.5 Å². The molecule has 4 aromatic rings. The number of amides is 2. The van der Waals surface area contributed by atoms with Gasteiger partial charge in [0.15, 0.2) is 0 Å². The largest absolute Gasteiger partial charge is 0.418 e. The van der Waals surface area contributed by atoms with Crippen LogP contribution >= 0.6 is 22.9 Å². The maximum Gasteiger partial charge on any atom is 0.418 e. The van der Waals surface area contributed by atoms with Gasteiger partial charge in [0.2, 0.25) is 0 Å². The van der Waals surface area contributed by atoms with Gasteiger partial charge in [0.05, 0.1) is 40.9 Å². The van der Waals surface area contributed by atoms with E-state index in [-0.39, 0.29) is 16.4 Å². The maximum absolute atomic E-state index is 13.1. The molecule has 2 N–H and O–H groups in total. The highest BCUT2D eigenvalue weighted by Crippen LogP contribution is 2.35. The molecular formula is C22H17ClF3N7O2S. The van der Waals surface area contributed by atoms with Crippen LogP contribution in [-0.2, 0) is 6.18 Å². The van der Waals surface area contributed by atoms with Crippen LogP contribution in [0, 0.1) is 6.92 Å². The van der Waals surface area contributed by atoms with Gasteiger partial charge >= 0.3 is 6.18 Å². The Kier molecular flexibility index (Phi) is 7.04. The second-order valence-corrected chi connectivity index (χ2v) is 8.97. The molecule has 36 heavy (non-hydrogen) atoms. The van der Waals surface area contributed by atoms with Crippen LogP contribution in [0.4, 0.5) is 19.0 Å². The lowest BCUT2D eigenvalue weighted by atomic mass is 10.2. The summed E-state index contributed by atoms with van der Waals surface area (Å²) in [6.07, 6.45) is 2.05. The third-order valence-corrected chi connectivity index (χ3v) is 6.42. The normalized spacial score (nSPS) is 12.3. The molecule has 4 aromatic heterocycles. The predicted octanol–water partition coefficient (Wildman–Crippen LogP) is 4.84. The Balaban J connectivity index is 1.46. The van der Waals surface area contributed by atoms with Gasteiger partial charge in [-0.2, -0.15) is 13.2 Å². The monoisotopic (exact) mass is 535 g/mol. The summed E-state index contributed by atoms with van der Waals surface area (Å²) < 4.78 is 40.8. The van der Waals surface area contributed by atoms with Gasteiger partial charge in [-0.25, -0.2) is 15.0 Å². The van der Waals surface area contributed by atoms with Gasteiger partial charge in [-0.15, -0.1) is 11.3 Å². The van der Waals surface area contributed by atoms with Crippen molar-refractivity contribution >= 4 is 40.6 Å². The van der Waals surface area contributed by atoms with Gasteiger partial charge in [-0.3, -0.25) is 19.1 Å². The molecule has 9 nitrogen and oxygen atoms in total. The lowest BCUT2D eigenvalue weighted by Gasteiger charge is -2.13. The number of hydrogen-bond donors (Lipinski definition) is 2. The van der Waals surface area contributed by atoms with E-state index in [4.69, 9.17) is 11.6 Å². The van der Waals surface area contributed by atoms with Crippen LogP contribution in [0.15, 0.2) is 49.2 Å². The highest BCUT2D eigenvalue weighted by Gasteiger charge is 2.34. The minimum atomic E-state index is -4.70. The fraction of sp³-hybridized carbons (Fsp3) is 0.182. The van der Waals surface area contributed by atoms with Crippen molar-refractivity contribution < 1.29 is 22.8 Å². The Hall–Kier alpha value is -3.84. The number of imidazole rings is 1. The molecule has 2 amide bonds. The Morgan fingerprint density at radius 1 is 1.11 bits per heavy atom. The van der Waals surface area contributed by atoms with Crippen molar-refractivity contribution in [3.05, 3.63) is 81.2 Å². The topological polar surface area (TPSA) is 115 Å². The number of alkyl halides is 3. The summed E-state index contributed by atoms with van der Waals surface area (Å²) in [4.78, 5) is 41.8. The van der Waals surface area contributed by atoms with Crippen LogP contribution in [0.2, 0.25) is 5.02 Å². The predicted molar refractivity (Wildman–Crippen MR) is 126 cm³/mol. The van der Waals surface area contributed by atoms with Crippen LogP contribution in [0.5, 0.6) is 0 Å². The number of rotatable bonds is 6. The SMILES string of the molecule is Cc1ncc(C(=O)N[C@H](C)c2ncc(C(=O)Nc3cc(C(F)(F)F)c(Cl)cn3)s2)n1-c1cccnc1. The van der Waals surface area contributed by atoms with E-state index in [1.54, 1.807) is 42.9 Å². The first-order chi connectivity index (χ1) is 17.0. The van der Waals surface area contributed by atoms with Crippen LogP contribution in [0.25, 0.3) is 5.69 Å². The lowest BCUT2D eigenvalue weighted by molar-refractivity contribution is -0.137. The van der Waals surface area contributed by atoms with Gasteiger partial charge in [-0.1, -0.05) is 11.6 Å². The zero-order valence-electron chi connectivity index (χ0n) is 18.7. The van der Waals surface area contributed by atoms with Crippen molar-refractivity contribution in [2.24, 2.45) is 0 Å². The number of carbonyl (C=O) groups excluding carboxylic acids is 2. The number of carbonyl (C=O) groups is 2. The van der Waals surface area contributed by atoms with E-state index in [1.807, 2.05) is 0 Å². The first-order valence-electron chi connectivity index (χ1n) is 10.3. The Morgan fingerprint density at radius 3 is 2.58 bits per heavy atom. The molecule has 0 spiro atoms. The zero-order valence-corrected chi connectivity index (χ0v) is 20.2. The van der Waals surface area contributed by atoms with Crippen molar-refractivity contribution in [3.63, 3.8) is 0 Å². The van der Waals surface area contributed by atoms with Crippen molar-refractivity contribution in [3.8, 4) is 5.69 Å². The number of hydrogen-bond acceptors (Lipinski definition) is 7. The number of halogens is 4. The molecular weight excluding hydrogens is 519 g/mol. The third-order valence-electron chi connectivity index (χ3n) is 4.94. The minimum Gasteiger partial charge on any atom is -0.342 e. The molecule has 4 rings (SSSR count). The fourth-order valence-electron chi connectivity index (χ4n) is 3.24. The fourth-order valence-corrected chi connectivity index (χ4v) is 4.27. The molecule has 0 radical (unpaired) electrons. The van der Waals surface area contributed by atoms with E-state index < -0.39 is 34.6 Å². The molecule has 0 aliphatic carbocycles. The molecule has 14 heteroatoms. The number of nitrogens with one attached hydrogen (secondary N) is 2. The first-order valence-corrected chi connectivity index (χ1v) is 11.5. The Bertz CT molecular complexity index is 1420. The number of pyridine rings is 2. The number of aromatic nitrogens is 5. The first kappa shape index (κ1) is 25.3. The van der Waals surface area contributed by atoms with Crippen LogP contribution in [-0.4, -0.2) is 36.3 Å². The molecule has 4 heterocycles. The summed E-state index contributed by atoms with van der Waals surface area (Å²) >= 11 is 6.54. The molecule has 186 valence electrons. The molecule has 0 saturated carbocycles. The van der Waals surface area contributed by atoms with Gasteiger partial charge in [0, 0.05) is 12.4 Å². The van der Waals surface area contributed by atoms with Gasteiger partial charge in [0.1, 0.15) is 27.2 Å². The van der Waals surface area contributed by atoms with Crippen molar-refractivity contribution in [2.45, 2.75) is 26.1 Å². The molecule has 0 aliphatic heterocycles. The smallest absolute Gasteiger partial charge is 0.342 e. The average molecular weight is 536 g/mol. The number of nitrogens with zero attached hydrogens (tertiary/aromatic N) is 5. The summed E-state index contributed by atoms with van der Waals surface area (Å²) in [5.74, 6) is -0.839. The third kappa shape index (κ3) is 5.36. The van der Waals surface area contributed by atoms with E-state index in [0.29, 0.717) is 22.6 Å². The molecule has 0 fully saturated rings. The number of thiazole rings is 1. The molecule has 0 saturated heterocycles. The van der Waals surface area contributed by atoms with E-state index in [9.17, 15) is 22.8 Å². The standard InChI is InChI=1S/C22H17ClF3N7O2S/c1-11(31-19(34)16-9-28-12(2)33(16)13-4-3-5-27-7-13)21-30-10-17(36-21)20(35)32-18-6-14(22(24,25)26)15(23)8-29-18/h3-11H,1-2H3,(H,31,34)(H,29,32,35)/t11-/m1/s1. The molecule has 0 aliphatic rings. The van der Waals surface area contributed by atoms with Crippen molar-refractivity contribution in [1.82, 2.24) is 29.8 Å². The number of aryl methyl sites for hydroxylation is 1. The Labute approximate surface area is 211 Å². The minimum absolute atomic E-state index is 0.118. The van der Waals surface area contributed by atoms with E-state index in [2.05, 4.69) is 30.6 Å². The van der Waals surface area contributed by atoms with E-state index in [1.165, 1.54) is 12.4 Å². The summed E-state index contributed by atoms with van der Waals surface area (Å²) in [5, 5.41) is 4.95. The van der Waals surface area contributed by atoms with Crippen molar-refractivity contribution in [2.75, 3.05) is 5.32 Å². The maximum atomic E-state index is 13.1. The highest BCUT2D eigenvalue weighted by atomic mass is 35.5. The van der Waals surface area contributed by atoms with Crippen LogP contribution < -0.4 is 10.6 Å². The quantitative estimate of drug-likeness (QED) is 0.365. The summed E-state index contributed by atoms with van der Waals surface area (Å²) in [6.45, 7) is 3.44. The lowest BCUT2D eigenvalue weighted by Crippen LogP contribution is -2.28. The van der Waals surface area contributed by atoms with Gasteiger partial charge < -0.3 is 10.6 Å². The second-order valence-electron chi connectivity index (χ2n) is 7.50. The summed E-state index contributed by atoms with van der Waals surface area (Å²) in [7, 11) is 0. The van der Waals surface area contributed by atoms with Gasteiger partial charge in [0.25, 0.3) is 11.8 Å². The molecule has 0 bridgehead atoms. The summed E-state index contributed by atoms with van der Waals surface area (Å²) in [5.41, 5.74) is -0.157. The number of anilines is 1. The van der Waals surface area contributed by atoms with Crippen molar-refractivity contribution in [1.29, 1.82) is 0 Å². The Morgan fingerprint density at radius 2 is 1.89 bits per heavy atom. The zero-order chi connectivity index (χ0) is 26.0. The molecule has 0 unspecified atom stereocenters. The average Bonchev–Trinajstić information content (AvgIpc) is 3.47. The van der Waals surface area contributed by atoms with Crippen LogP contribution in [0.1, 0.15) is 49.5 Å². The molecule has 1 atom stereocenters. The highest BCUT2D eigenvalue weighted by molar-refractivity contribution is 7.13. The van der Waals surface area contributed by atoms with Crippen LogP contribution in [0.3, 0.4) is 0 Å². The summed E-state index contributed by atoms with van der Waals surface area (Å²) in [6, 6.07) is 3.61.